The average Bonchev–Trinajstić information content (AvgIpc) is 2.61. The Morgan fingerprint density at radius 3 is 2.54 bits per heavy atom. The van der Waals surface area contributed by atoms with Crippen LogP contribution in [0, 0.1) is 0 Å². The number of aryl methyl sites for hydroxylation is 1. The van der Waals surface area contributed by atoms with Crippen molar-refractivity contribution in [1.82, 2.24) is 0 Å². The van der Waals surface area contributed by atoms with Crippen LogP contribution in [0.3, 0.4) is 0 Å². The van der Waals surface area contributed by atoms with E-state index in [0.29, 0.717) is 5.69 Å². The lowest BCUT2D eigenvalue weighted by Gasteiger charge is -2.35. The van der Waals surface area contributed by atoms with E-state index < -0.39 is 12.4 Å². The van der Waals surface area contributed by atoms with Gasteiger partial charge in [-0.25, -0.2) is 0 Å². The van der Waals surface area contributed by atoms with Crippen molar-refractivity contribution in [3.63, 3.8) is 0 Å². The average molecular weight is 364 g/mol. The number of nitrogens with one attached hydrogen (secondary N) is 1. The molecular formula is C19H19F3N2O2. The molecule has 0 spiro atoms. The highest BCUT2D eigenvalue weighted by atomic mass is 19.4. The van der Waals surface area contributed by atoms with Gasteiger partial charge in [-0.3, -0.25) is 4.79 Å². The van der Waals surface area contributed by atoms with E-state index in [0.717, 1.165) is 25.1 Å². The predicted octanol–water partition coefficient (Wildman–Crippen LogP) is 4.37. The zero-order chi connectivity index (χ0) is 18.7. The van der Waals surface area contributed by atoms with E-state index >= 15 is 0 Å². The first-order valence-corrected chi connectivity index (χ1v) is 8.35. The minimum Gasteiger partial charge on any atom is -0.406 e. The molecule has 2 aromatic rings. The van der Waals surface area contributed by atoms with E-state index in [2.05, 4.69) is 21.0 Å². The number of amides is 1. The normalized spacial score (nSPS) is 15.2. The summed E-state index contributed by atoms with van der Waals surface area (Å²) in [5.41, 5.74) is 2.68. The topological polar surface area (TPSA) is 41.6 Å². The van der Waals surface area contributed by atoms with Gasteiger partial charge in [-0.15, -0.1) is 13.2 Å². The Hall–Kier alpha value is -2.70. The van der Waals surface area contributed by atoms with Gasteiger partial charge in [0.15, 0.2) is 0 Å². The summed E-state index contributed by atoms with van der Waals surface area (Å²) in [6, 6.07) is 12.7. The molecule has 1 amide bonds. The molecule has 138 valence electrons. The minimum atomic E-state index is -4.74. The number of benzene rings is 2. The molecule has 1 atom stereocenters. The van der Waals surface area contributed by atoms with Gasteiger partial charge >= 0.3 is 6.36 Å². The minimum absolute atomic E-state index is 0.216. The second kappa shape index (κ2) is 7.27. The van der Waals surface area contributed by atoms with Crippen molar-refractivity contribution in [3.8, 4) is 5.75 Å². The molecule has 1 heterocycles. The summed E-state index contributed by atoms with van der Waals surface area (Å²) in [5.74, 6) is -0.542. The Morgan fingerprint density at radius 2 is 1.85 bits per heavy atom. The molecule has 0 unspecified atom stereocenters. The lowest BCUT2D eigenvalue weighted by atomic mass is 10.00. The van der Waals surface area contributed by atoms with Gasteiger partial charge < -0.3 is 15.0 Å². The second-order valence-electron chi connectivity index (χ2n) is 6.16. The maximum Gasteiger partial charge on any atom is 0.573 e. The quantitative estimate of drug-likeness (QED) is 0.876. The summed E-state index contributed by atoms with van der Waals surface area (Å²) in [7, 11) is 0. The SMILES string of the molecule is C[C@H](C(=O)Nc1ccc(OC(F)(F)F)cc1)N1CCCc2ccccc21. The fourth-order valence-corrected chi connectivity index (χ4v) is 3.09. The van der Waals surface area contributed by atoms with Crippen LogP contribution in [0.4, 0.5) is 24.5 Å². The summed E-state index contributed by atoms with van der Waals surface area (Å²) >= 11 is 0. The Labute approximate surface area is 149 Å². The van der Waals surface area contributed by atoms with Crippen LogP contribution in [0.25, 0.3) is 0 Å². The van der Waals surface area contributed by atoms with Crippen molar-refractivity contribution in [2.75, 3.05) is 16.8 Å². The molecule has 1 aliphatic rings. The maximum atomic E-state index is 12.6. The second-order valence-corrected chi connectivity index (χ2v) is 6.16. The zero-order valence-electron chi connectivity index (χ0n) is 14.2. The first-order chi connectivity index (χ1) is 12.3. The number of carbonyl (C=O) groups excluding carboxylic acids is 1. The van der Waals surface area contributed by atoms with Gasteiger partial charge in [0.2, 0.25) is 5.91 Å². The van der Waals surface area contributed by atoms with Crippen LogP contribution in [0.15, 0.2) is 48.5 Å². The lowest BCUT2D eigenvalue weighted by molar-refractivity contribution is -0.274. The first kappa shape index (κ1) is 18.1. The van der Waals surface area contributed by atoms with Crippen molar-refractivity contribution in [2.45, 2.75) is 32.2 Å². The van der Waals surface area contributed by atoms with E-state index in [1.807, 2.05) is 25.1 Å². The van der Waals surface area contributed by atoms with Crippen molar-refractivity contribution >= 4 is 17.3 Å². The molecule has 0 fully saturated rings. The van der Waals surface area contributed by atoms with Crippen LogP contribution < -0.4 is 15.0 Å². The molecule has 1 aliphatic heterocycles. The number of para-hydroxylation sites is 1. The fraction of sp³-hybridized carbons (Fsp3) is 0.316. The van der Waals surface area contributed by atoms with Crippen molar-refractivity contribution in [1.29, 1.82) is 0 Å². The third-order valence-electron chi connectivity index (χ3n) is 4.35. The number of fused-ring (bicyclic) bond motifs is 1. The highest BCUT2D eigenvalue weighted by Gasteiger charge is 2.31. The number of anilines is 2. The van der Waals surface area contributed by atoms with Gasteiger partial charge in [0.05, 0.1) is 0 Å². The molecule has 1 N–H and O–H groups in total. The predicted molar refractivity (Wildman–Crippen MR) is 93.3 cm³/mol. The van der Waals surface area contributed by atoms with Crippen LogP contribution in [0.5, 0.6) is 5.75 Å². The standard InChI is InChI=1S/C19H19F3N2O2/c1-13(24-12-4-6-14-5-2-3-7-17(14)24)18(25)23-15-8-10-16(11-9-15)26-19(20,21)22/h2-3,5,7-11,13H,4,6,12H2,1H3,(H,23,25)/t13-/m1/s1. The van der Waals surface area contributed by atoms with Gasteiger partial charge in [-0.2, -0.15) is 0 Å². The third-order valence-corrected chi connectivity index (χ3v) is 4.35. The largest absolute Gasteiger partial charge is 0.573 e. The van der Waals surface area contributed by atoms with E-state index in [1.165, 1.54) is 29.8 Å². The summed E-state index contributed by atoms with van der Waals surface area (Å²) < 4.78 is 40.4. The Morgan fingerprint density at radius 1 is 1.15 bits per heavy atom. The molecule has 2 aromatic carbocycles. The molecule has 7 heteroatoms. The molecular weight excluding hydrogens is 345 g/mol. The van der Waals surface area contributed by atoms with E-state index in [4.69, 9.17) is 0 Å². The number of hydrogen-bond donors (Lipinski definition) is 1. The van der Waals surface area contributed by atoms with Crippen molar-refractivity contribution < 1.29 is 22.7 Å². The molecule has 26 heavy (non-hydrogen) atoms. The number of rotatable bonds is 4. The molecule has 0 saturated carbocycles. The molecule has 0 bridgehead atoms. The fourth-order valence-electron chi connectivity index (χ4n) is 3.09. The Kier molecular flexibility index (Phi) is 5.06. The number of nitrogens with zero attached hydrogens (tertiary/aromatic N) is 1. The van der Waals surface area contributed by atoms with Gasteiger partial charge in [-0.1, -0.05) is 18.2 Å². The van der Waals surface area contributed by atoms with Crippen LogP contribution in [-0.4, -0.2) is 24.9 Å². The first-order valence-electron chi connectivity index (χ1n) is 8.35. The van der Waals surface area contributed by atoms with Crippen LogP contribution in [0.2, 0.25) is 0 Å². The third kappa shape index (κ3) is 4.28. The van der Waals surface area contributed by atoms with Gasteiger partial charge in [-0.05, 0) is 55.7 Å². The Bertz CT molecular complexity index is 775. The van der Waals surface area contributed by atoms with Crippen LogP contribution in [0.1, 0.15) is 18.9 Å². The molecule has 0 radical (unpaired) electrons. The highest BCUT2D eigenvalue weighted by molar-refractivity contribution is 5.96. The number of ether oxygens (including phenoxy) is 1. The van der Waals surface area contributed by atoms with E-state index in [1.54, 1.807) is 0 Å². The summed E-state index contributed by atoms with van der Waals surface area (Å²) in [6.45, 7) is 2.60. The van der Waals surface area contributed by atoms with Gasteiger partial charge in [0.1, 0.15) is 11.8 Å². The van der Waals surface area contributed by atoms with Crippen LogP contribution >= 0.6 is 0 Å². The molecule has 3 rings (SSSR count). The maximum absolute atomic E-state index is 12.6. The van der Waals surface area contributed by atoms with E-state index in [-0.39, 0.29) is 11.7 Å². The van der Waals surface area contributed by atoms with E-state index in [9.17, 15) is 18.0 Å². The summed E-state index contributed by atoms with van der Waals surface area (Å²) in [4.78, 5) is 14.6. The number of carbonyl (C=O) groups is 1. The molecule has 4 nitrogen and oxygen atoms in total. The Balaban J connectivity index is 1.67. The highest BCUT2D eigenvalue weighted by Crippen LogP contribution is 2.29. The zero-order valence-corrected chi connectivity index (χ0v) is 14.2. The van der Waals surface area contributed by atoms with Crippen molar-refractivity contribution in [3.05, 3.63) is 54.1 Å². The molecule has 0 aliphatic carbocycles. The lowest BCUT2D eigenvalue weighted by Crippen LogP contribution is -2.44. The van der Waals surface area contributed by atoms with Crippen molar-refractivity contribution in [2.24, 2.45) is 0 Å². The molecule has 0 aromatic heterocycles. The van der Waals surface area contributed by atoms with Crippen LogP contribution in [-0.2, 0) is 11.2 Å². The number of halogens is 3. The van der Waals surface area contributed by atoms with Gasteiger partial charge in [0, 0.05) is 17.9 Å². The summed E-state index contributed by atoms with van der Waals surface area (Å²) in [6.07, 6.45) is -2.78. The number of alkyl halides is 3. The molecule has 0 saturated heterocycles. The summed E-state index contributed by atoms with van der Waals surface area (Å²) in [5, 5.41) is 2.74. The monoisotopic (exact) mass is 364 g/mol. The smallest absolute Gasteiger partial charge is 0.406 e. The number of hydrogen-bond acceptors (Lipinski definition) is 3. The van der Waals surface area contributed by atoms with Gasteiger partial charge in [0.25, 0.3) is 0 Å².